The van der Waals surface area contributed by atoms with E-state index in [4.69, 9.17) is 0 Å². The fourth-order valence-corrected chi connectivity index (χ4v) is 11.6. The molecule has 8 aromatic carbocycles. The van der Waals surface area contributed by atoms with Gasteiger partial charge in [-0.1, -0.05) is 158 Å². The van der Waals surface area contributed by atoms with E-state index in [2.05, 4.69) is 182 Å². The Hall–Kier alpha value is -6.09. The van der Waals surface area contributed by atoms with Crippen LogP contribution in [0.5, 0.6) is 0 Å². The first-order chi connectivity index (χ1) is 25.7. The van der Waals surface area contributed by atoms with Crippen LogP contribution in [0.1, 0.15) is 44.5 Å². The molecule has 2 spiro atoms. The number of hydrogen-bond acceptors (Lipinski definition) is 1. The molecule has 52 heavy (non-hydrogen) atoms. The molecule has 0 bridgehead atoms. The molecule has 0 saturated heterocycles. The van der Waals surface area contributed by atoms with E-state index < -0.39 is 21.6 Å². The maximum atomic E-state index is 15.1. The third-order valence-electron chi connectivity index (χ3n) is 12.4. The van der Waals surface area contributed by atoms with E-state index in [1.54, 1.807) is 0 Å². The van der Waals surface area contributed by atoms with Crippen molar-refractivity contribution in [3.63, 3.8) is 0 Å². The molecule has 0 N–H and O–H groups in total. The SMILES string of the molecule is O=S(c1ccc2c(c1)C1(c3ccccc3-c3ccccc31)c1ccccc1-2)c1ccc2c(c1)C1(c3ccccc3-c3ccccc31)c1ccccc1-2. The maximum Gasteiger partial charge on any atom is 0.0849 e. The molecule has 0 unspecified atom stereocenters. The van der Waals surface area contributed by atoms with Crippen molar-refractivity contribution in [1.82, 2.24) is 0 Å². The molecular weight excluding hydrogens is 649 g/mol. The first-order valence-electron chi connectivity index (χ1n) is 18.0. The van der Waals surface area contributed by atoms with Crippen LogP contribution in [0.25, 0.3) is 44.5 Å². The second-order valence-electron chi connectivity index (χ2n) is 14.5. The van der Waals surface area contributed by atoms with E-state index in [-0.39, 0.29) is 0 Å². The lowest BCUT2D eigenvalue weighted by molar-refractivity contribution is 0.682. The van der Waals surface area contributed by atoms with Gasteiger partial charge in [-0.05, 0) is 113 Å². The molecule has 8 aromatic rings. The van der Waals surface area contributed by atoms with Gasteiger partial charge in [-0.25, -0.2) is 4.21 Å². The summed E-state index contributed by atoms with van der Waals surface area (Å²) in [6.07, 6.45) is 0. The summed E-state index contributed by atoms with van der Waals surface area (Å²) >= 11 is 0. The second kappa shape index (κ2) is 10.0. The lowest BCUT2D eigenvalue weighted by atomic mass is 9.70. The van der Waals surface area contributed by atoms with Crippen molar-refractivity contribution in [2.75, 3.05) is 0 Å². The largest absolute Gasteiger partial charge is 0.249 e. The third kappa shape index (κ3) is 3.24. The minimum absolute atomic E-state index is 0.472. The Morgan fingerprint density at radius 2 is 0.500 bits per heavy atom. The maximum absolute atomic E-state index is 15.1. The average molecular weight is 679 g/mol. The van der Waals surface area contributed by atoms with Crippen LogP contribution in [0.2, 0.25) is 0 Å². The highest BCUT2D eigenvalue weighted by atomic mass is 32.2. The van der Waals surface area contributed by atoms with Gasteiger partial charge >= 0.3 is 0 Å². The van der Waals surface area contributed by atoms with Gasteiger partial charge in [0.25, 0.3) is 0 Å². The van der Waals surface area contributed by atoms with Gasteiger partial charge in [0, 0.05) is 9.79 Å². The lowest BCUT2D eigenvalue weighted by Crippen LogP contribution is -2.26. The molecule has 0 atom stereocenters. The van der Waals surface area contributed by atoms with Gasteiger partial charge in [0.15, 0.2) is 0 Å². The molecule has 4 aliphatic rings. The number of hydrogen-bond donors (Lipinski definition) is 0. The smallest absolute Gasteiger partial charge is 0.0849 e. The van der Waals surface area contributed by atoms with Crippen LogP contribution in [0, 0.1) is 0 Å². The van der Waals surface area contributed by atoms with Crippen molar-refractivity contribution in [2.24, 2.45) is 0 Å². The Morgan fingerprint density at radius 3 is 0.769 bits per heavy atom. The molecule has 242 valence electrons. The molecule has 0 fully saturated rings. The van der Waals surface area contributed by atoms with Crippen LogP contribution < -0.4 is 0 Å². The van der Waals surface area contributed by atoms with Crippen LogP contribution in [-0.4, -0.2) is 4.21 Å². The predicted octanol–water partition coefficient (Wildman–Crippen LogP) is 11.5. The van der Waals surface area contributed by atoms with Gasteiger partial charge in [-0.15, -0.1) is 0 Å². The number of fused-ring (bicyclic) bond motifs is 20. The van der Waals surface area contributed by atoms with Crippen molar-refractivity contribution in [2.45, 2.75) is 20.6 Å². The summed E-state index contributed by atoms with van der Waals surface area (Å²) in [4.78, 5) is 1.65. The lowest BCUT2D eigenvalue weighted by Gasteiger charge is -2.31. The summed E-state index contributed by atoms with van der Waals surface area (Å²) in [5, 5.41) is 0. The van der Waals surface area contributed by atoms with E-state index in [1.165, 1.54) is 89.0 Å². The first kappa shape index (κ1) is 28.6. The molecule has 0 radical (unpaired) electrons. The van der Waals surface area contributed by atoms with Crippen molar-refractivity contribution in [1.29, 1.82) is 0 Å². The van der Waals surface area contributed by atoms with Crippen LogP contribution in [0.3, 0.4) is 0 Å². The highest BCUT2D eigenvalue weighted by molar-refractivity contribution is 7.85. The van der Waals surface area contributed by atoms with Crippen LogP contribution in [0.15, 0.2) is 192 Å². The summed E-state index contributed by atoms with van der Waals surface area (Å²) in [5.41, 5.74) is 19.2. The topological polar surface area (TPSA) is 17.1 Å². The molecule has 0 amide bonds. The molecule has 4 aliphatic carbocycles. The molecule has 0 heterocycles. The minimum Gasteiger partial charge on any atom is -0.249 e. The first-order valence-corrected chi connectivity index (χ1v) is 19.2. The Kier molecular flexibility index (Phi) is 5.52. The van der Waals surface area contributed by atoms with Gasteiger partial charge in [-0.2, -0.15) is 0 Å². The third-order valence-corrected chi connectivity index (χ3v) is 13.7. The standard InChI is InChI=1S/C50H30OS/c51-52(31-25-27-39-37-17-5-11-23-45(37)49(47(39)29-31)41-19-7-1-13-33(41)34-14-2-8-20-42(34)49)32-26-28-40-38-18-6-12-24-46(38)50(48(40)30-32)43-21-9-3-15-35(43)36-16-4-10-22-44(36)50/h1-30H. The fourth-order valence-electron chi connectivity index (χ4n) is 10.5. The van der Waals surface area contributed by atoms with E-state index >= 15 is 4.21 Å². The summed E-state index contributed by atoms with van der Waals surface area (Å²) in [6.45, 7) is 0. The zero-order valence-corrected chi connectivity index (χ0v) is 29.0. The molecule has 1 nitrogen and oxygen atoms in total. The minimum atomic E-state index is -1.43. The Morgan fingerprint density at radius 1 is 0.269 bits per heavy atom. The molecule has 0 aliphatic heterocycles. The van der Waals surface area contributed by atoms with E-state index in [0.29, 0.717) is 0 Å². The zero-order chi connectivity index (χ0) is 34.2. The molecule has 12 rings (SSSR count). The highest BCUT2D eigenvalue weighted by Crippen LogP contribution is 2.64. The quantitative estimate of drug-likeness (QED) is 0.178. The highest BCUT2D eigenvalue weighted by Gasteiger charge is 2.53. The van der Waals surface area contributed by atoms with Gasteiger partial charge < -0.3 is 0 Å². The van der Waals surface area contributed by atoms with Gasteiger partial charge in [-0.3, -0.25) is 0 Å². The van der Waals surface area contributed by atoms with Crippen LogP contribution in [0.4, 0.5) is 0 Å². The zero-order valence-electron chi connectivity index (χ0n) is 28.1. The molecular formula is C50H30OS. The van der Waals surface area contributed by atoms with Gasteiger partial charge in [0.05, 0.1) is 21.6 Å². The summed E-state index contributed by atoms with van der Waals surface area (Å²) in [6, 6.07) is 66.2. The second-order valence-corrected chi connectivity index (χ2v) is 15.9. The Bertz CT molecular complexity index is 2570. The average Bonchev–Trinajstić information content (AvgIpc) is 3.89. The van der Waals surface area contributed by atoms with Crippen molar-refractivity contribution in [3.8, 4) is 44.5 Å². The fraction of sp³-hybridized carbons (Fsp3) is 0.0400. The van der Waals surface area contributed by atoms with Crippen molar-refractivity contribution < 1.29 is 4.21 Å². The van der Waals surface area contributed by atoms with E-state index in [0.717, 1.165) is 9.79 Å². The number of rotatable bonds is 2. The Balaban J connectivity index is 1.08. The van der Waals surface area contributed by atoms with Gasteiger partial charge in [0.2, 0.25) is 0 Å². The van der Waals surface area contributed by atoms with Crippen molar-refractivity contribution in [3.05, 3.63) is 226 Å². The van der Waals surface area contributed by atoms with Gasteiger partial charge in [0.1, 0.15) is 0 Å². The summed E-state index contributed by atoms with van der Waals surface area (Å²) < 4.78 is 15.1. The predicted molar refractivity (Wildman–Crippen MR) is 210 cm³/mol. The monoisotopic (exact) mass is 678 g/mol. The molecule has 0 aromatic heterocycles. The van der Waals surface area contributed by atoms with Crippen LogP contribution in [-0.2, 0) is 21.6 Å². The Labute approximate surface area is 305 Å². The molecule has 0 saturated carbocycles. The summed E-state index contributed by atoms with van der Waals surface area (Å²) in [5.74, 6) is 0. The van der Waals surface area contributed by atoms with Crippen molar-refractivity contribution >= 4 is 10.8 Å². The normalized spacial score (nSPS) is 15.1. The van der Waals surface area contributed by atoms with E-state index in [1.807, 2.05) is 0 Å². The van der Waals surface area contributed by atoms with Crippen LogP contribution >= 0.6 is 0 Å². The molecule has 2 heteroatoms. The van der Waals surface area contributed by atoms with E-state index in [9.17, 15) is 0 Å². The number of benzene rings is 8. The summed E-state index contributed by atoms with van der Waals surface area (Å²) in [7, 11) is -1.43.